The van der Waals surface area contributed by atoms with E-state index in [2.05, 4.69) is 4.98 Å². The first-order chi connectivity index (χ1) is 4.74. The van der Waals surface area contributed by atoms with Crippen LogP contribution in [0.25, 0.3) is 0 Å². The molecule has 0 aliphatic carbocycles. The minimum Gasteiger partial charge on any atom is -0.392 e. The van der Waals surface area contributed by atoms with E-state index in [4.69, 9.17) is 16.7 Å². The Morgan fingerprint density at radius 3 is 2.90 bits per heavy atom. The van der Waals surface area contributed by atoms with Crippen molar-refractivity contribution in [2.75, 3.05) is 0 Å². The standard InChI is InChI=1S/C6H7BClNO/c7-6-4(3-10)1-5(8)2-9-6/h1-2,10H,3,7H2. The van der Waals surface area contributed by atoms with Gasteiger partial charge in [-0.3, -0.25) is 4.98 Å². The van der Waals surface area contributed by atoms with Crippen LogP contribution in [0.2, 0.25) is 5.02 Å². The Morgan fingerprint density at radius 1 is 1.70 bits per heavy atom. The molecule has 1 aromatic rings. The van der Waals surface area contributed by atoms with E-state index in [9.17, 15) is 0 Å². The van der Waals surface area contributed by atoms with E-state index in [1.165, 1.54) is 0 Å². The molecule has 52 valence electrons. The molecule has 0 aliphatic rings. The molecule has 0 radical (unpaired) electrons. The van der Waals surface area contributed by atoms with Crippen molar-refractivity contribution in [3.63, 3.8) is 0 Å². The van der Waals surface area contributed by atoms with Gasteiger partial charge in [0.15, 0.2) is 7.85 Å². The maximum absolute atomic E-state index is 8.74. The summed E-state index contributed by atoms with van der Waals surface area (Å²) in [6.45, 7) is -0.000602. The number of hydrogen-bond donors (Lipinski definition) is 1. The van der Waals surface area contributed by atoms with Gasteiger partial charge in [-0.2, -0.15) is 0 Å². The van der Waals surface area contributed by atoms with Crippen molar-refractivity contribution in [1.29, 1.82) is 0 Å². The highest BCUT2D eigenvalue weighted by atomic mass is 35.5. The average molecular weight is 155 g/mol. The maximum atomic E-state index is 8.74. The van der Waals surface area contributed by atoms with Gasteiger partial charge in [-0.15, -0.1) is 0 Å². The molecule has 0 saturated carbocycles. The third kappa shape index (κ3) is 1.49. The van der Waals surface area contributed by atoms with Crippen LogP contribution in [0.15, 0.2) is 12.3 Å². The van der Waals surface area contributed by atoms with Gasteiger partial charge in [0, 0.05) is 11.8 Å². The van der Waals surface area contributed by atoms with Crippen molar-refractivity contribution in [2.24, 2.45) is 0 Å². The van der Waals surface area contributed by atoms with E-state index in [1.807, 2.05) is 7.85 Å². The fraction of sp³-hybridized carbons (Fsp3) is 0.167. The first-order valence-electron chi connectivity index (χ1n) is 2.96. The Hall–Kier alpha value is -0.535. The second-order valence-corrected chi connectivity index (χ2v) is 2.49. The number of aromatic nitrogens is 1. The lowest BCUT2D eigenvalue weighted by Crippen LogP contribution is -2.13. The predicted molar refractivity (Wildman–Crippen MR) is 43.3 cm³/mol. The van der Waals surface area contributed by atoms with Crippen LogP contribution in [0.5, 0.6) is 0 Å². The molecular formula is C6H7BClNO. The molecule has 0 saturated heterocycles. The molecule has 1 heterocycles. The molecule has 1 N–H and O–H groups in total. The molecule has 0 fully saturated rings. The largest absolute Gasteiger partial charge is 0.392 e. The monoisotopic (exact) mass is 155 g/mol. The molecule has 2 nitrogen and oxygen atoms in total. The van der Waals surface area contributed by atoms with Crippen LogP contribution in [0, 0.1) is 0 Å². The molecule has 0 amide bonds. The lowest BCUT2D eigenvalue weighted by atomic mass is 9.98. The summed E-state index contributed by atoms with van der Waals surface area (Å²) < 4.78 is 0. The summed E-state index contributed by atoms with van der Waals surface area (Å²) in [6, 6.07) is 1.71. The zero-order valence-corrected chi connectivity index (χ0v) is 6.39. The minimum absolute atomic E-state index is 0.000602. The third-order valence-electron chi connectivity index (χ3n) is 1.33. The topological polar surface area (TPSA) is 33.1 Å². The van der Waals surface area contributed by atoms with Gasteiger partial charge in [-0.25, -0.2) is 0 Å². The van der Waals surface area contributed by atoms with Crippen LogP contribution >= 0.6 is 11.6 Å². The Kier molecular flexibility index (Phi) is 2.30. The summed E-state index contributed by atoms with van der Waals surface area (Å²) in [7, 11) is 1.84. The number of nitrogens with zero attached hydrogens (tertiary/aromatic N) is 1. The smallest absolute Gasteiger partial charge is 0.164 e. The van der Waals surface area contributed by atoms with Gasteiger partial charge >= 0.3 is 0 Å². The van der Waals surface area contributed by atoms with Gasteiger partial charge in [-0.05, 0) is 11.6 Å². The number of rotatable bonds is 1. The van der Waals surface area contributed by atoms with Crippen LogP contribution < -0.4 is 5.59 Å². The highest BCUT2D eigenvalue weighted by Crippen LogP contribution is 2.05. The normalized spacial score (nSPS) is 9.80. The van der Waals surface area contributed by atoms with Crippen molar-refractivity contribution >= 4 is 25.0 Å². The number of hydrogen-bond acceptors (Lipinski definition) is 2. The zero-order valence-electron chi connectivity index (χ0n) is 5.63. The second-order valence-electron chi connectivity index (χ2n) is 2.06. The van der Waals surface area contributed by atoms with Crippen molar-refractivity contribution in [3.8, 4) is 0 Å². The van der Waals surface area contributed by atoms with Crippen LogP contribution in [-0.2, 0) is 6.61 Å². The first kappa shape index (κ1) is 7.57. The Labute approximate surface area is 65.3 Å². The fourth-order valence-electron chi connectivity index (χ4n) is 0.710. The molecule has 0 spiro atoms. The van der Waals surface area contributed by atoms with Crippen molar-refractivity contribution in [3.05, 3.63) is 22.8 Å². The zero-order chi connectivity index (χ0) is 7.56. The van der Waals surface area contributed by atoms with Crippen molar-refractivity contribution in [2.45, 2.75) is 6.61 Å². The van der Waals surface area contributed by atoms with Gasteiger partial charge in [0.1, 0.15) is 0 Å². The van der Waals surface area contributed by atoms with Crippen LogP contribution in [0.3, 0.4) is 0 Å². The van der Waals surface area contributed by atoms with Crippen LogP contribution in [0.1, 0.15) is 5.56 Å². The van der Waals surface area contributed by atoms with Crippen molar-refractivity contribution in [1.82, 2.24) is 4.98 Å². The van der Waals surface area contributed by atoms with E-state index < -0.39 is 0 Å². The van der Waals surface area contributed by atoms with Gasteiger partial charge in [0.25, 0.3) is 0 Å². The van der Waals surface area contributed by atoms with Crippen LogP contribution in [0.4, 0.5) is 0 Å². The maximum Gasteiger partial charge on any atom is 0.164 e. The van der Waals surface area contributed by atoms with Gasteiger partial charge in [0.05, 0.1) is 11.6 Å². The Balaban J connectivity index is 3.09. The van der Waals surface area contributed by atoms with Crippen molar-refractivity contribution < 1.29 is 5.11 Å². The van der Waals surface area contributed by atoms with E-state index in [-0.39, 0.29) is 6.61 Å². The quantitative estimate of drug-likeness (QED) is 0.554. The summed E-state index contributed by atoms with van der Waals surface area (Å²) in [5.41, 5.74) is 1.61. The number of aliphatic hydroxyl groups excluding tert-OH is 1. The summed E-state index contributed by atoms with van der Waals surface area (Å²) in [5.74, 6) is 0. The summed E-state index contributed by atoms with van der Waals surface area (Å²) in [4.78, 5) is 3.96. The first-order valence-corrected chi connectivity index (χ1v) is 3.33. The van der Waals surface area contributed by atoms with E-state index >= 15 is 0 Å². The molecule has 0 aliphatic heterocycles. The predicted octanol–water partition coefficient (Wildman–Crippen LogP) is -0.514. The third-order valence-corrected chi connectivity index (χ3v) is 1.54. The molecule has 0 aromatic carbocycles. The molecule has 0 bridgehead atoms. The van der Waals surface area contributed by atoms with Crippen LogP contribution in [-0.4, -0.2) is 17.9 Å². The SMILES string of the molecule is Bc1ncc(Cl)cc1CO. The fourth-order valence-corrected chi connectivity index (χ4v) is 0.890. The minimum atomic E-state index is -0.000602. The average Bonchev–Trinajstić information content (AvgIpc) is 1.94. The molecular weight excluding hydrogens is 148 g/mol. The van der Waals surface area contributed by atoms with E-state index in [1.54, 1.807) is 12.3 Å². The summed E-state index contributed by atoms with van der Waals surface area (Å²) in [6.07, 6.45) is 1.57. The number of pyridine rings is 1. The second kappa shape index (κ2) is 3.04. The number of aliphatic hydroxyl groups is 1. The molecule has 1 aromatic heterocycles. The highest BCUT2D eigenvalue weighted by Gasteiger charge is 1.97. The molecule has 4 heteroatoms. The van der Waals surface area contributed by atoms with Gasteiger partial charge in [-0.1, -0.05) is 11.6 Å². The van der Waals surface area contributed by atoms with Gasteiger partial charge < -0.3 is 5.11 Å². The number of halogens is 1. The lowest BCUT2D eigenvalue weighted by Gasteiger charge is -1.99. The molecule has 10 heavy (non-hydrogen) atoms. The molecule has 1 rings (SSSR count). The molecule has 0 unspecified atom stereocenters. The molecule has 0 atom stereocenters. The van der Waals surface area contributed by atoms with Gasteiger partial charge in [0.2, 0.25) is 0 Å². The lowest BCUT2D eigenvalue weighted by molar-refractivity contribution is 0.282. The highest BCUT2D eigenvalue weighted by molar-refractivity contribution is 6.33. The summed E-state index contributed by atoms with van der Waals surface area (Å²) >= 11 is 5.62. The van der Waals surface area contributed by atoms with E-state index in [0.717, 1.165) is 11.2 Å². The summed E-state index contributed by atoms with van der Waals surface area (Å²) in [5, 5.41) is 9.31. The van der Waals surface area contributed by atoms with E-state index in [0.29, 0.717) is 5.02 Å². The Bertz CT molecular complexity index is 241. The Morgan fingerprint density at radius 2 is 2.40 bits per heavy atom.